The number of aryl methyl sites for hydroxylation is 2. The molecule has 0 amide bonds. The Kier molecular flexibility index (Phi) is 8.75. The second-order valence-electron chi connectivity index (χ2n) is 7.65. The van der Waals surface area contributed by atoms with E-state index in [1.54, 1.807) is 19.1 Å². The molecule has 0 radical (unpaired) electrons. The van der Waals surface area contributed by atoms with Gasteiger partial charge in [0.25, 0.3) is 0 Å². The van der Waals surface area contributed by atoms with Gasteiger partial charge in [0, 0.05) is 36.5 Å². The molecule has 0 atom stereocenters. The van der Waals surface area contributed by atoms with Gasteiger partial charge in [-0.3, -0.25) is 4.79 Å². The highest BCUT2D eigenvalue weighted by atomic mass is 79.9. The topological polar surface area (TPSA) is 94.2 Å². The van der Waals surface area contributed by atoms with E-state index < -0.39 is 11.9 Å². The summed E-state index contributed by atoms with van der Waals surface area (Å²) < 4.78 is 13.2. The first kappa shape index (κ1) is 25.8. The van der Waals surface area contributed by atoms with E-state index in [0.717, 1.165) is 36.2 Å². The fourth-order valence-electron chi connectivity index (χ4n) is 3.63. The second kappa shape index (κ2) is 11.5. The quantitative estimate of drug-likeness (QED) is 0.187. The van der Waals surface area contributed by atoms with E-state index in [2.05, 4.69) is 28.9 Å². The summed E-state index contributed by atoms with van der Waals surface area (Å²) in [5, 5.41) is 10.8. The van der Waals surface area contributed by atoms with Crippen molar-refractivity contribution in [2.24, 2.45) is 7.05 Å². The van der Waals surface area contributed by atoms with E-state index in [4.69, 9.17) is 14.5 Å². The van der Waals surface area contributed by atoms with Gasteiger partial charge in [-0.25, -0.2) is 9.78 Å². The maximum Gasteiger partial charge on any atom is 0.340 e. The van der Waals surface area contributed by atoms with Gasteiger partial charge in [0.2, 0.25) is 0 Å². The van der Waals surface area contributed by atoms with Crippen LogP contribution in [-0.4, -0.2) is 28.1 Å². The Morgan fingerprint density at radius 2 is 2.03 bits per heavy atom. The van der Waals surface area contributed by atoms with Crippen molar-refractivity contribution in [2.45, 2.75) is 50.8 Å². The van der Waals surface area contributed by atoms with Crippen LogP contribution in [0.5, 0.6) is 5.75 Å². The summed E-state index contributed by atoms with van der Waals surface area (Å²) in [6.07, 6.45) is 2.94. The molecule has 0 bridgehead atoms. The number of carbonyl (C=O) groups excluding carboxylic acids is 2. The standard InChI is InChI=1S/C25H26BrN3O4S/c1-5-7-8-17-10-9-16(13-27)24(28-17)34-14-21-23(25(31)32-6-2)18-11-22(33-15(3)30)19(26)12-20(18)29(21)4/h9-12H,5-8,14H2,1-4H3. The zero-order valence-electron chi connectivity index (χ0n) is 19.6. The SMILES string of the molecule is CCCCc1ccc(C#N)c(SCc2c(C(=O)OCC)c3cc(OC(C)=O)c(Br)cc3n2C)n1. The zero-order valence-corrected chi connectivity index (χ0v) is 22.0. The van der Waals surface area contributed by atoms with Crippen LogP contribution in [0.4, 0.5) is 0 Å². The Hall–Kier alpha value is -2.83. The highest BCUT2D eigenvalue weighted by Gasteiger charge is 2.24. The predicted octanol–water partition coefficient (Wildman–Crippen LogP) is 5.94. The number of halogens is 1. The van der Waals surface area contributed by atoms with Crippen molar-refractivity contribution in [1.82, 2.24) is 9.55 Å². The van der Waals surface area contributed by atoms with E-state index in [9.17, 15) is 14.9 Å². The second-order valence-corrected chi connectivity index (χ2v) is 9.47. The third-order valence-electron chi connectivity index (χ3n) is 5.28. The first-order valence-corrected chi connectivity index (χ1v) is 12.8. The number of pyridine rings is 1. The fourth-order valence-corrected chi connectivity index (χ4v) is 5.10. The van der Waals surface area contributed by atoms with Gasteiger partial charge in [0.05, 0.1) is 27.7 Å². The van der Waals surface area contributed by atoms with Gasteiger partial charge in [-0.1, -0.05) is 25.1 Å². The summed E-state index contributed by atoms with van der Waals surface area (Å²) in [7, 11) is 1.87. The molecular formula is C25H26BrN3O4S. The lowest BCUT2D eigenvalue weighted by Crippen LogP contribution is -2.08. The van der Waals surface area contributed by atoms with E-state index in [0.29, 0.717) is 37.5 Å². The monoisotopic (exact) mass is 543 g/mol. The zero-order chi connectivity index (χ0) is 24.8. The predicted molar refractivity (Wildman–Crippen MR) is 135 cm³/mol. The number of fused-ring (bicyclic) bond motifs is 1. The maximum absolute atomic E-state index is 13.0. The minimum Gasteiger partial charge on any atom is -0.462 e. The molecule has 0 saturated carbocycles. The summed E-state index contributed by atoms with van der Waals surface area (Å²) in [5.41, 5.74) is 3.37. The van der Waals surface area contributed by atoms with Gasteiger partial charge in [0.1, 0.15) is 16.8 Å². The highest BCUT2D eigenvalue weighted by Crippen LogP contribution is 2.37. The van der Waals surface area contributed by atoms with E-state index in [1.807, 2.05) is 23.7 Å². The molecule has 1 aromatic carbocycles. The van der Waals surface area contributed by atoms with Crippen molar-refractivity contribution in [3.05, 3.63) is 51.3 Å². The van der Waals surface area contributed by atoms with Gasteiger partial charge in [0.15, 0.2) is 0 Å². The lowest BCUT2D eigenvalue weighted by atomic mass is 10.1. The van der Waals surface area contributed by atoms with E-state index >= 15 is 0 Å². The third-order valence-corrected chi connectivity index (χ3v) is 6.90. The number of nitrogens with zero attached hydrogens (tertiary/aromatic N) is 3. The largest absolute Gasteiger partial charge is 0.462 e. The number of thioether (sulfide) groups is 1. The number of esters is 2. The maximum atomic E-state index is 13.0. The molecule has 0 saturated heterocycles. The normalized spacial score (nSPS) is 10.8. The lowest BCUT2D eigenvalue weighted by Gasteiger charge is -2.09. The van der Waals surface area contributed by atoms with Crippen molar-refractivity contribution < 1.29 is 19.1 Å². The molecule has 0 aliphatic heterocycles. The molecule has 0 fully saturated rings. The molecule has 0 aliphatic rings. The summed E-state index contributed by atoms with van der Waals surface area (Å²) in [5.74, 6) is -0.182. The average Bonchev–Trinajstić information content (AvgIpc) is 3.07. The highest BCUT2D eigenvalue weighted by molar-refractivity contribution is 9.10. The number of benzene rings is 1. The van der Waals surface area contributed by atoms with Crippen LogP contribution in [0.1, 0.15) is 60.9 Å². The number of carbonyl (C=O) groups is 2. The van der Waals surface area contributed by atoms with E-state index in [-0.39, 0.29) is 6.61 Å². The Bertz CT molecular complexity index is 1280. The molecule has 0 spiro atoms. The van der Waals surface area contributed by atoms with Crippen molar-refractivity contribution in [3.63, 3.8) is 0 Å². The van der Waals surface area contributed by atoms with Gasteiger partial charge in [-0.15, -0.1) is 0 Å². The fraction of sp³-hybridized carbons (Fsp3) is 0.360. The van der Waals surface area contributed by atoms with Crippen molar-refractivity contribution in [2.75, 3.05) is 6.61 Å². The molecule has 7 nitrogen and oxygen atoms in total. The Balaban J connectivity index is 2.07. The van der Waals surface area contributed by atoms with Crippen LogP contribution in [0.3, 0.4) is 0 Å². The van der Waals surface area contributed by atoms with Crippen molar-refractivity contribution >= 4 is 50.5 Å². The van der Waals surface area contributed by atoms with Gasteiger partial charge >= 0.3 is 11.9 Å². The number of ether oxygens (including phenoxy) is 2. The Labute approximate surface area is 211 Å². The molecule has 2 aromatic heterocycles. The molecule has 3 aromatic rings. The van der Waals surface area contributed by atoms with Crippen LogP contribution in [0.15, 0.2) is 33.8 Å². The first-order chi connectivity index (χ1) is 16.3. The molecule has 9 heteroatoms. The van der Waals surface area contributed by atoms with Crippen molar-refractivity contribution in [3.8, 4) is 11.8 Å². The molecule has 178 valence electrons. The molecule has 0 aliphatic carbocycles. The van der Waals surface area contributed by atoms with Crippen LogP contribution in [-0.2, 0) is 28.8 Å². The summed E-state index contributed by atoms with van der Waals surface area (Å²) in [4.78, 5) is 29.2. The Morgan fingerprint density at radius 3 is 2.68 bits per heavy atom. The van der Waals surface area contributed by atoms with Crippen LogP contribution in [0, 0.1) is 11.3 Å². The molecule has 0 unspecified atom stereocenters. The summed E-state index contributed by atoms with van der Waals surface area (Å²) in [6.45, 7) is 5.43. The third kappa shape index (κ3) is 5.62. The van der Waals surface area contributed by atoms with Crippen molar-refractivity contribution in [1.29, 1.82) is 5.26 Å². The number of hydrogen-bond acceptors (Lipinski definition) is 7. The van der Waals surface area contributed by atoms with Crippen LogP contribution in [0.25, 0.3) is 10.9 Å². The van der Waals surface area contributed by atoms with E-state index in [1.165, 1.54) is 18.7 Å². The first-order valence-electron chi connectivity index (χ1n) is 11.0. The van der Waals surface area contributed by atoms with Crippen LogP contribution >= 0.6 is 27.7 Å². The smallest absolute Gasteiger partial charge is 0.340 e. The number of hydrogen-bond donors (Lipinski definition) is 0. The molecule has 2 heterocycles. The lowest BCUT2D eigenvalue weighted by molar-refractivity contribution is -0.131. The molecule has 34 heavy (non-hydrogen) atoms. The summed E-state index contributed by atoms with van der Waals surface area (Å²) >= 11 is 4.86. The van der Waals surface area contributed by atoms with Gasteiger partial charge < -0.3 is 14.0 Å². The number of nitriles is 1. The number of unbranched alkanes of at least 4 members (excludes halogenated alkanes) is 1. The minimum atomic E-state index is -0.456. The van der Waals surface area contributed by atoms with Crippen LogP contribution < -0.4 is 4.74 Å². The molecule has 0 N–H and O–H groups in total. The molecular weight excluding hydrogens is 518 g/mol. The van der Waals surface area contributed by atoms with Gasteiger partial charge in [-0.2, -0.15) is 5.26 Å². The van der Waals surface area contributed by atoms with Crippen LogP contribution in [0.2, 0.25) is 0 Å². The number of aromatic nitrogens is 2. The average molecular weight is 544 g/mol. The minimum absolute atomic E-state index is 0.231. The number of rotatable bonds is 9. The molecule has 3 rings (SSSR count). The van der Waals surface area contributed by atoms with Gasteiger partial charge in [-0.05, 0) is 60.0 Å². The Morgan fingerprint density at radius 1 is 1.26 bits per heavy atom. The summed E-state index contributed by atoms with van der Waals surface area (Å²) in [6, 6.07) is 9.40.